The van der Waals surface area contributed by atoms with Crippen LogP contribution in [-0.2, 0) is 4.74 Å². The van der Waals surface area contributed by atoms with Crippen molar-refractivity contribution in [2.75, 3.05) is 32.8 Å². The summed E-state index contributed by atoms with van der Waals surface area (Å²) in [6.07, 6.45) is 0. The van der Waals surface area contributed by atoms with Gasteiger partial charge in [0.15, 0.2) is 5.76 Å². The number of furan rings is 1. The zero-order valence-electron chi connectivity index (χ0n) is 15.0. The molecule has 0 aliphatic carbocycles. The van der Waals surface area contributed by atoms with Gasteiger partial charge < -0.3 is 14.5 Å². The van der Waals surface area contributed by atoms with Gasteiger partial charge in [0.1, 0.15) is 5.58 Å². The number of benzene rings is 1. The summed E-state index contributed by atoms with van der Waals surface area (Å²) in [6.45, 7) is 5.58. The van der Waals surface area contributed by atoms with Crippen LogP contribution in [0.1, 0.15) is 27.0 Å². The van der Waals surface area contributed by atoms with E-state index in [1.807, 2.05) is 19.1 Å². The Labute approximate surface area is 166 Å². The van der Waals surface area contributed by atoms with Crippen LogP contribution in [0.2, 0.25) is 5.02 Å². The number of hydrogen-bond acceptors (Lipinski definition) is 5. The summed E-state index contributed by atoms with van der Waals surface area (Å²) in [6, 6.07) is 9.68. The largest absolute Gasteiger partial charge is 0.451 e. The van der Waals surface area contributed by atoms with Crippen molar-refractivity contribution in [2.45, 2.75) is 13.0 Å². The van der Waals surface area contributed by atoms with Gasteiger partial charge in [0.2, 0.25) is 0 Å². The number of ether oxygens (including phenoxy) is 1. The van der Waals surface area contributed by atoms with Gasteiger partial charge >= 0.3 is 0 Å². The number of halogens is 1. The van der Waals surface area contributed by atoms with Crippen molar-refractivity contribution in [2.24, 2.45) is 0 Å². The second-order valence-electron chi connectivity index (χ2n) is 6.59. The average molecular weight is 405 g/mol. The molecule has 27 heavy (non-hydrogen) atoms. The molecule has 1 amide bonds. The minimum atomic E-state index is -0.199. The zero-order valence-corrected chi connectivity index (χ0v) is 16.6. The Morgan fingerprint density at radius 3 is 2.89 bits per heavy atom. The standard InChI is InChI=1S/C20H21ClN2O3S/c1-13-15-11-14(21)4-5-17(15)26-19(13)20(24)22-12-16(18-3-2-10-27-18)23-6-8-25-9-7-23/h2-5,10-11,16H,6-9,12H2,1H3,(H,22,24)/t16-/m0/s1. The molecule has 1 aromatic carbocycles. The average Bonchev–Trinajstić information content (AvgIpc) is 3.32. The molecular weight excluding hydrogens is 384 g/mol. The number of rotatable bonds is 5. The maximum absolute atomic E-state index is 12.8. The van der Waals surface area contributed by atoms with E-state index in [2.05, 4.69) is 21.7 Å². The first-order valence-electron chi connectivity index (χ1n) is 8.95. The molecule has 4 rings (SSSR count). The predicted molar refractivity (Wildman–Crippen MR) is 108 cm³/mol. The number of hydrogen-bond donors (Lipinski definition) is 1. The van der Waals surface area contributed by atoms with Crippen molar-refractivity contribution in [1.29, 1.82) is 0 Å². The predicted octanol–water partition coefficient (Wildman–Crippen LogP) is 4.26. The highest BCUT2D eigenvalue weighted by molar-refractivity contribution is 7.10. The summed E-state index contributed by atoms with van der Waals surface area (Å²) in [5.74, 6) is 0.147. The second kappa shape index (κ2) is 8.02. The quantitative estimate of drug-likeness (QED) is 0.690. The second-order valence-corrected chi connectivity index (χ2v) is 8.00. The number of morpholine rings is 1. The fourth-order valence-corrected chi connectivity index (χ4v) is 4.49. The maximum Gasteiger partial charge on any atom is 0.287 e. The Balaban J connectivity index is 1.52. The van der Waals surface area contributed by atoms with Crippen LogP contribution in [0.4, 0.5) is 0 Å². The highest BCUT2D eigenvalue weighted by Crippen LogP contribution is 2.29. The van der Waals surface area contributed by atoms with Crippen LogP contribution in [0, 0.1) is 6.92 Å². The lowest BCUT2D eigenvalue weighted by molar-refractivity contribution is 0.0168. The molecule has 0 saturated carbocycles. The van der Waals surface area contributed by atoms with E-state index in [4.69, 9.17) is 20.8 Å². The number of nitrogens with one attached hydrogen (secondary N) is 1. The number of thiophene rings is 1. The van der Waals surface area contributed by atoms with Gasteiger partial charge in [-0.15, -0.1) is 11.3 Å². The summed E-state index contributed by atoms with van der Waals surface area (Å²) in [4.78, 5) is 16.4. The van der Waals surface area contributed by atoms with E-state index in [1.54, 1.807) is 23.5 Å². The van der Waals surface area contributed by atoms with Crippen LogP contribution in [-0.4, -0.2) is 43.7 Å². The number of amides is 1. The van der Waals surface area contributed by atoms with Gasteiger partial charge in [0, 0.05) is 40.5 Å². The highest BCUT2D eigenvalue weighted by atomic mass is 35.5. The molecule has 1 saturated heterocycles. The Morgan fingerprint density at radius 2 is 2.15 bits per heavy atom. The van der Waals surface area contributed by atoms with E-state index in [1.165, 1.54) is 4.88 Å². The van der Waals surface area contributed by atoms with Gasteiger partial charge in [-0.25, -0.2) is 0 Å². The van der Waals surface area contributed by atoms with Crippen molar-refractivity contribution in [3.63, 3.8) is 0 Å². The number of nitrogens with zero attached hydrogens (tertiary/aromatic N) is 1. The summed E-state index contributed by atoms with van der Waals surface area (Å²) in [5.41, 5.74) is 1.48. The Kier molecular flexibility index (Phi) is 5.50. The molecular formula is C20H21ClN2O3S. The minimum Gasteiger partial charge on any atom is -0.451 e. The highest BCUT2D eigenvalue weighted by Gasteiger charge is 2.25. The van der Waals surface area contributed by atoms with Gasteiger partial charge in [0.05, 0.1) is 19.3 Å². The van der Waals surface area contributed by atoms with Crippen molar-refractivity contribution in [3.8, 4) is 0 Å². The lowest BCUT2D eigenvalue weighted by Gasteiger charge is -2.34. The third kappa shape index (κ3) is 3.89. The molecule has 0 radical (unpaired) electrons. The molecule has 1 atom stereocenters. The first-order chi connectivity index (χ1) is 13.1. The molecule has 7 heteroatoms. The minimum absolute atomic E-state index is 0.136. The topological polar surface area (TPSA) is 54.7 Å². The van der Waals surface area contributed by atoms with E-state index >= 15 is 0 Å². The fraction of sp³-hybridized carbons (Fsp3) is 0.350. The molecule has 5 nitrogen and oxygen atoms in total. The molecule has 2 aromatic heterocycles. The number of aryl methyl sites for hydroxylation is 1. The smallest absolute Gasteiger partial charge is 0.287 e. The normalized spacial score (nSPS) is 16.5. The van der Waals surface area contributed by atoms with Crippen LogP contribution in [0.3, 0.4) is 0 Å². The van der Waals surface area contributed by atoms with Crippen LogP contribution in [0.25, 0.3) is 11.0 Å². The van der Waals surface area contributed by atoms with Crippen molar-refractivity contribution >= 4 is 39.8 Å². The molecule has 1 N–H and O–H groups in total. The van der Waals surface area contributed by atoms with Gasteiger partial charge in [-0.3, -0.25) is 9.69 Å². The van der Waals surface area contributed by atoms with Gasteiger partial charge in [-0.05, 0) is 36.6 Å². The van der Waals surface area contributed by atoms with Gasteiger partial charge in [-0.2, -0.15) is 0 Å². The molecule has 142 valence electrons. The summed E-state index contributed by atoms with van der Waals surface area (Å²) in [7, 11) is 0. The van der Waals surface area contributed by atoms with Crippen LogP contribution < -0.4 is 5.32 Å². The molecule has 0 unspecified atom stereocenters. The third-order valence-electron chi connectivity index (χ3n) is 4.92. The molecule has 3 aromatic rings. The summed E-state index contributed by atoms with van der Waals surface area (Å²) < 4.78 is 11.3. The SMILES string of the molecule is Cc1c(C(=O)NC[C@@H](c2cccs2)N2CCOCC2)oc2ccc(Cl)cc12. The molecule has 0 bridgehead atoms. The van der Waals surface area contributed by atoms with Crippen LogP contribution >= 0.6 is 22.9 Å². The summed E-state index contributed by atoms with van der Waals surface area (Å²) >= 11 is 7.78. The summed E-state index contributed by atoms with van der Waals surface area (Å²) in [5, 5.41) is 6.63. The number of carbonyl (C=O) groups excluding carboxylic acids is 1. The maximum atomic E-state index is 12.8. The van der Waals surface area contributed by atoms with E-state index in [0.29, 0.717) is 22.9 Å². The van der Waals surface area contributed by atoms with Crippen LogP contribution in [0.5, 0.6) is 0 Å². The number of fused-ring (bicyclic) bond motifs is 1. The molecule has 1 aliphatic heterocycles. The Morgan fingerprint density at radius 1 is 1.33 bits per heavy atom. The van der Waals surface area contributed by atoms with E-state index in [-0.39, 0.29) is 11.9 Å². The first-order valence-corrected chi connectivity index (χ1v) is 10.2. The molecule has 0 spiro atoms. The van der Waals surface area contributed by atoms with Gasteiger partial charge in [-0.1, -0.05) is 17.7 Å². The fourth-order valence-electron chi connectivity index (χ4n) is 3.46. The lowest BCUT2D eigenvalue weighted by atomic mass is 10.1. The first kappa shape index (κ1) is 18.5. The lowest BCUT2D eigenvalue weighted by Crippen LogP contribution is -2.43. The van der Waals surface area contributed by atoms with E-state index in [0.717, 1.165) is 37.3 Å². The monoisotopic (exact) mass is 404 g/mol. The molecule has 3 heterocycles. The van der Waals surface area contributed by atoms with Crippen molar-refractivity contribution in [3.05, 3.63) is 56.9 Å². The van der Waals surface area contributed by atoms with Crippen molar-refractivity contribution < 1.29 is 13.9 Å². The van der Waals surface area contributed by atoms with E-state index < -0.39 is 0 Å². The third-order valence-corrected chi connectivity index (χ3v) is 6.13. The zero-order chi connectivity index (χ0) is 18.8. The van der Waals surface area contributed by atoms with Crippen LogP contribution in [0.15, 0.2) is 40.1 Å². The Bertz CT molecular complexity index is 932. The number of carbonyl (C=O) groups is 1. The van der Waals surface area contributed by atoms with Crippen molar-refractivity contribution in [1.82, 2.24) is 10.2 Å². The Hall–Kier alpha value is -1.86. The molecule has 1 fully saturated rings. The van der Waals surface area contributed by atoms with E-state index in [9.17, 15) is 4.79 Å². The van der Waals surface area contributed by atoms with Gasteiger partial charge in [0.25, 0.3) is 5.91 Å². The molecule has 1 aliphatic rings.